The lowest BCUT2D eigenvalue weighted by atomic mass is 10.1. The summed E-state index contributed by atoms with van der Waals surface area (Å²) in [5, 5.41) is 2.71. The van der Waals surface area contributed by atoms with Gasteiger partial charge in [-0.25, -0.2) is 9.18 Å². The first-order chi connectivity index (χ1) is 11.4. The third kappa shape index (κ3) is 4.89. The number of ether oxygens (including phenoxy) is 1. The molecule has 2 aromatic carbocycles. The lowest BCUT2D eigenvalue weighted by Crippen LogP contribution is -2.35. The minimum Gasteiger partial charge on any atom is -0.449 e. The predicted molar refractivity (Wildman–Crippen MR) is 92.0 cm³/mol. The Balaban J connectivity index is 1.90. The zero-order valence-corrected chi connectivity index (χ0v) is 14.9. The highest BCUT2D eigenvalue weighted by Gasteiger charge is 2.20. The van der Waals surface area contributed by atoms with Gasteiger partial charge in [-0.1, -0.05) is 29.8 Å². The maximum Gasteiger partial charge on any atom is 0.340 e. The van der Waals surface area contributed by atoms with Gasteiger partial charge in [0.25, 0.3) is 5.91 Å². The Morgan fingerprint density at radius 2 is 1.88 bits per heavy atom. The van der Waals surface area contributed by atoms with E-state index in [9.17, 15) is 14.0 Å². The SMILES string of the molecule is Cc1ccc(CNC(=O)[C@@H](C)OC(=O)c2ccc(F)cc2Br)cc1. The summed E-state index contributed by atoms with van der Waals surface area (Å²) in [7, 11) is 0. The number of hydrogen-bond donors (Lipinski definition) is 1. The van der Waals surface area contributed by atoms with Crippen LogP contribution in [0, 0.1) is 12.7 Å². The minimum atomic E-state index is -0.958. The summed E-state index contributed by atoms with van der Waals surface area (Å²) in [5.74, 6) is -1.57. The van der Waals surface area contributed by atoms with Crippen molar-refractivity contribution in [2.24, 2.45) is 0 Å². The Morgan fingerprint density at radius 3 is 2.50 bits per heavy atom. The molecule has 0 heterocycles. The van der Waals surface area contributed by atoms with E-state index in [0.717, 1.165) is 17.2 Å². The van der Waals surface area contributed by atoms with E-state index in [1.807, 2.05) is 31.2 Å². The molecular weight excluding hydrogens is 377 g/mol. The highest BCUT2D eigenvalue weighted by molar-refractivity contribution is 9.10. The number of nitrogens with one attached hydrogen (secondary N) is 1. The number of rotatable bonds is 5. The second-order valence-electron chi connectivity index (χ2n) is 5.38. The molecule has 0 radical (unpaired) electrons. The van der Waals surface area contributed by atoms with Crippen molar-refractivity contribution < 1.29 is 18.7 Å². The van der Waals surface area contributed by atoms with Gasteiger partial charge in [0.15, 0.2) is 6.10 Å². The molecule has 2 rings (SSSR count). The number of halogens is 2. The van der Waals surface area contributed by atoms with E-state index < -0.39 is 23.8 Å². The van der Waals surface area contributed by atoms with Crippen LogP contribution in [0.2, 0.25) is 0 Å². The van der Waals surface area contributed by atoms with Crippen molar-refractivity contribution in [2.75, 3.05) is 0 Å². The smallest absolute Gasteiger partial charge is 0.340 e. The van der Waals surface area contributed by atoms with Gasteiger partial charge < -0.3 is 10.1 Å². The molecule has 6 heteroatoms. The number of esters is 1. The van der Waals surface area contributed by atoms with Crippen molar-refractivity contribution in [3.05, 3.63) is 69.4 Å². The average Bonchev–Trinajstić information content (AvgIpc) is 2.53. The van der Waals surface area contributed by atoms with Crippen molar-refractivity contribution in [3.8, 4) is 0 Å². The van der Waals surface area contributed by atoms with Gasteiger partial charge in [-0.05, 0) is 53.5 Å². The molecule has 1 atom stereocenters. The van der Waals surface area contributed by atoms with Crippen molar-refractivity contribution in [3.63, 3.8) is 0 Å². The topological polar surface area (TPSA) is 55.4 Å². The molecule has 24 heavy (non-hydrogen) atoms. The van der Waals surface area contributed by atoms with Crippen molar-refractivity contribution in [1.29, 1.82) is 0 Å². The number of carbonyl (C=O) groups is 2. The second-order valence-corrected chi connectivity index (χ2v) is 6.23. The van der Waals surface area contributed by atoms with Gasteiger partial charge in [0.2, 0.25) is 0 Å². The highest BCUT2D eigenvalue weighted by atomic mass is 79.9. The van der Waals surface area contributed by atoms with E-state index in [-0.39, 0.29) is 10.0 Å². The maximum absolute atomic E-state index is 13.0. The molecule has 0 spiro atoms. The molecular formula is C18H17BrFNO3. The van der Waals surface area contributed by atoms with Gasteiger partial charge >= 0.3 is 5.97 Å². The molecule has 0 unspecified atom stereocenters. The zero-order chi connectivity index (χ0) is 17.7. The van der Waals surface area contributed by atoms with E-state index in [1.165, 1.54) is 19.1 Å². The van der Waals surface area contributed by atoms with Crippen LogP contribution in [-0.2, 0) is 16.1 Å². The van der Waals surface area contributed by atoms with Gasteiger partial charge in [0, 0.05) is 11.0 Å². The fourth-order valence-corrected chi connectivity index (χ4v) is 2.48. The van der Waals surface area contributed by atoms with Crippen LogP contribution in [-0.4, -0.2) is 18.0 Å². The first-order valence-corrected chi connectivity index (χ1v) is 8.15. The van der Waals surface area contributed by atoms with Crippen LogP contribution in [0.25, 0.3) is 0 Å². The average molecular weight is 394 g/mol. The quantitative estimate of drug-likeness (QED) is 0.786. The van der Waals surface area contributed by atoms with Crippen molar-refractivity contribution >= 4 is 27.8 Å². The summed E-state index contributed by atoms with van der Waals surface area (Å²) < 4.78 is 18.4. The normalized spacial score (nSPS) is 11.7. The maximum atomic E-state index is 13.0. The Hall–Kier alpha value is -2.21. The molecule has 0 saturated carbocycles. The molecule has 0 aliphatic rings. The number of carbonyl (C=O) groups excluding carboxylic acids is 2. The van der Waals surface area contributed by atoms with Crippen LogP contribution in [0.1, 0.15) is 28.4 Å². The summed E-state index contributed by atoms with van der Waals surface area (Å²) in [6.45, 7) is 3.82. The summed E-state index contributed by atoms with van der Waals surface area (Å²) in [5.41, 5.74) is 2.25. The third-order valence-corrected chi connectivity index (χ3v) is 4.05. The fraction of sp³-hybridized carbons (Fsp3) is 0.222. The fourth-order valence-electron chi connectivity index (χ4n) is 1.97. The van der Waals surface area contributed by atoms with Crippen LogP contribution in [0.5, 0.6) is 0 Å². The largest absolute Gasteiger partial charge is 0.449 e. The molecule has 1 N–H and O–H groups in total. The summed E-state index contributed by atoms with van der Waals surface area (Å²) in [4.78, 5) is 24.1. The minimum absolute atomic E-state index is 0.162. The van der Waals surface area contributed by atoms with Gasteiger partial charge in [-0.3, -0.25) is 4.79 Å². The summed E-state index contributed by atoms with van der Waals surface area (Å²) >= 11 is 3.10. The number of benzene rings is 2. The van der Waals surface area contributed by atoms with E-state index in [0.29, 0.717) is 6.54 Å². The molecule has 1 amide bonds. The van der Waals surface area contributed by atoms with E-state index in [1.54, 1.807) is 0 Å². The van der Waals surface area contributed by atoms with E-state index in [4.69, 9.17) is 4.74 Å². The molecule has 126 valence electrons. The van der Waals surface area contributed by atoms with E-state index in [2.05, 4.69) is 21.2 Å². The predicted octanol–water partition coefficient (Wildman–Crippen LogP) is 3.76. The van der Waals surface area contributed by atoms with Crippen LogP contribution >= 0.6 is 15.9 Å². The standard InChI is InChI=1S/C18H17BrFNO3/c1-11-3-5-13(6-4-11)10-21-17(22)12(2)24-18(23)15-8-7-14(20)9-16(15)19/h3-9,12H,10H2,1-2H3,(H,21,22)/t12-/m1/s1. The second kappa shape index (κ2) is 8.06. The number of hydrogen-bond acceptors (Lipinski definition) is 3. The summed E-state index contributed by atoms with van der Waals surface area (Å²) in [6, 6.07) is 11.4. The lowest BCUT2D eigenvalue weighted by molar-refractivity contribution is -0.129. The molecule has 0 bridgehead atoms. The van der Waals surface area contributed by atoms with Gasteiger partial charge in [-0.2, -0.15) is 0 Å². The van der Waals surface area contributed by atoms with Crippen molar-refractivity contribution in [1.82, 2.24) is 5.32 Å². The first-order valence-electron chi connectivity index (χ1n) is 7.36. The summed E-state index contributed by atoms with van der Waals surface area (Å²) in [6.07, 6.45) is -0.958. The Morgan fingerprint density at radius 1 is 1.21 bits per heavy atom. The Bertz CT molecular complexity index is 746. The molecule has 0 aromatic heterocycles. The number of aryl methyl sites for hydroxylation is 1. The first kappa shape index (κ1) is 18.1. The van der Waals surface area contributed by atoms with Crippen LogP contribution in [0.15, 0.2) is 46.9 Å². The molecule has 0 fully saturated rings. The molecule has 4 nitrogen and oxygen atoms in total. The van der Waals surface area contributed by atoms with Crippen LogP contribution in [0.4, 0.5) is 4.39 Å². The zero-order valence-electron chi connectivity index (χ0n) is 13.3. The van der Waals surface area contributed by atoms with Gasteiger partial charge in [0.1, 0.15) is 5.82 Å². The molecule has 0 aliphatic carbocycles. The van der Waals surface area contributed by atoms with Gasteiger partial charge in [-0.15, -0.1) is 0 Å². The Kier molecular flexibility index (Phi) is 6.09. The molecule has 0 saturated heterocycles. The lowest BCUT2D eigenvalue weighted by Gasteiger charge is -2.14. The highest BCUT2D eigenvalue weighted by Crippen LogP contribution is 2.19. The number of amides is 1. The Labute approximate surface area is 148 Å². The molecule has 2 aromatic rings. The molecule has 0 aliphatic heterocycles. The van der Waals surface area contributed by atoms with Gasteiger partial charge in [0.05, 0.1) is 5.56 Å². The van der Waals surface area contributed by atoms with Crippen molar-refractivity contribution in [2.45, 2.75) is 26.5 Å². The monoisotopic (exact) mass is 393 g/mol. The van der Waals surface area contributed by atoms with Crippen LogP contribution < -0.4 is 5.32 Å². The third-order valence-electron chi connectivity index (χ3n) is 3.39. The van der Waals surface area contributed by atoms with E-state index >= 15 is 0 Å². The van der Waals surface area contributed by atoms with Crippen LogP contribution in [0.3, 0.4) is 0 Å².